The van der Waals surface area contributed by atoms with Crippen LogP contribution in [0.3, 0.4) is 0 Å². The van der Waals surface area contributed by atoms with Crippen LogP contribution in [0, 0.1) is 5.82 Å². The minimum absolute atomic E-state index is 0.0570. The lowest BCUT2D eigenvalue weighted by Gasteiger charge is -2.33. The Bertz CT molecular complexity index is 4720. The third-order valence-electron chi connectivity index (χ3n) is 22.2. The summed E-state index contributed by atoms with van der Waals surface area (Å²) in [5.41, 5.74) is 9.80. The quantitative estimate of drug-likeness (QED) is 0.0408. The number of nitrogens with zero attached hydrogens (tertiary/aromatic N) is 22. The van der Waals surface area contributed by atoms with Gasteiger partial charge in [0.25, 0.3) is 23.6 Å². The van der Waals surface area contributed by atoms with Gasteiger partial charge < -0.3 is 74.5 Å². The number of carbonyl (C=O) groups is 4. The lowest BCUT2D eigenvalue weighted by molar-refractivity contribution is 0.0650. The fourth-order valence-corrected chi connectivity index (χ4v) is 12.9. The average molecular weight is 1820 g/mol. The van der Waals surface area contributed by atoms with E-state index in [0.29, 0.717) is 91.2 Å². The molecular formula is C98H146FN25O8. The summed E-state index contributed by atoms with van der Waals surface area (Å²) in [5.74, 6) is 7.20. The molecule has 5 saturated heterocycles. The van der Waals surface area contributed by atoms with Crippen LogP contribution in [0.5, 0.6) is 0 Å². The zero-order valence-electron chi connectivity index (χ0n) is 81.7. The van der Waals surface area contributed by atoms with E-state index in [4.69, 9.17) is 19.3 Å². The maximum atomic E-state index is 12.7. The number of likely N-dealkylation sites (N-methyl/N-ethyl adjacent to an activating group) is 3. The molecule has 0 spiro atoms. The number of aromatic nitrogens is 14. The molecule has 132 heavy (non-hydrogen) atoms. The number of rotatable bonds is 24. The number of amides is 4. The van der Waals surface area contributed by atoms with E-state index < -0.39 is 0 Å². The van der Waals surface area contributed by atoms with E-state index in [0.717, 1.165) is 188 Å². The number of aliphatic hydroxyl groups excluding tert-OH is 1. The Kier molecular flexibility index (Phi) is 47.4. The van der Waals surface area contributed by atoms with Gasteiger partial charge in [0, 0.05) is 237 Å². The van der Waals surface area contributed by atoms with Crippen molar-refractivity contribution in [3.8, 4) is 11.4 Å². The number of aliphatic hydroxyl groups is 1. The first-order chi connectivity index (χ1) is 63.3. The number of methoxy groups -OCH3 is 1. The summed E-state index contributed by atoms with van der Waals surface area (Å²) in [6.07, 6.45) is 23.2. The van der Waals surface area contributed by atoms with Crippen molar-refractivity contribution in [1.29, 1.82) is 0 Å². The maximum absolute atomic E-state index is 12.7. The van der Waals surface area contributed by atoms with Crippen LogP contribution in [0.25, 0.3) is 11.4 Å². The lowest BCUT2D eigenvalue weighted by Crippen LogP contribution is -2.47. The summed E-state index contributed by atoms with van der Waals surface area (Å²) >= 11 is 0. The SMILES string of the molecule is CC(C)c1ccc(N2CCN(C)CC2)nc1.CC(C)c1ccc(N2CCNCC2)nc1.CC(C)c1ccnc(N2CCOCC2)n1.CC(C)c1cnc(-c2ccc(F)cc2)nc1.CC(C)c1cnc(C(=O)N(C)CCO)nc1.CC(C)c1cnc(C(=O)N2CCN(C)CC2)nc1.CC(C)c1cnc(C(=O)N2CCNCC2)nc1.COCCOCCNC(=O)c1ncc(C(C)C)cn1. The van der Waals surface area contributed by atoms with Crippen molar-refractivity contribution >= 4 is 41.2 Å². The molecule has 13 heterocycles. The second kappa shape index (κ2) is 58.0. The highest BCUT2D eigenvalue weighted by Crippen LogP contribution is 2.24. The topological polar surface area (TPSA) is 359 Å². The standard InChI is InChI=1S/C13H13FN2.C13H20N4O.C13H21N3O3.C13H21N3.C12H18N4O.C12H19N3.C11H17N3O2.C11H17N3O/c1-9(2)11-7-15-13(16-8-11)10-3-5-12(14)6-4-10;1-10(2)11-8-14-12(15-9-11)13(18)17-6-4-16(3)5-7-17;1-10(2)11-8-15-12(16-9-11)13(17)14-4-5-19-7-6-18-3;1-11(2)12-4-5-13(14-10-12)16-8-6-15(3)7-9-16;1-9(2)10-7-14-11(15-8-10)12(17)16-5-3-13-4-6-16;1-10(2)11-3-4-12(14-9-11)15-7-5-13-6-8-15;1-8(2)9-6-12-10(13-7-9)11(16)14(3)4-5-15;1-9(2)10-3-4-12-11(13-10)14-5-7-15-8-6-14/h3-9H,1-2H3;8-10H,4-7H2,1-3H3;8-10H,4-7H2,1-3H3,(H,14,17);4-5,10-11H,6-9H2,1-3H3;7-9,13H,3-6H2,1-2H3;3-4,9-10,13H,5-8H2,1-2H3;6-8,15H,4-5H2,1-3H3;3-4,9H,5-8H2,1-2H3. The number of nitrogens with one attached hydrogen (secondary N) is 3. The Morgan fingerprint density at radius 1 is 0.432 bits per heavy atom. The molecule has 4 amide bonds. The normalized spacial score (nSPS) is 14.7. The van der Waals surface area contributed by atoms with Crippen molar-refractivity contribution in [3.05, 3.63) is 209 Å². The van der Waals surface area contributed by atoms with Gasteiger partial charge in [-0.25, -0.2) is 74.2 Å². The van der Waals surface area contributed by atoms with Gasteiger partial charge in [-0.1, -0.05) is 123 Å². The van der Waals surface area contributed by atoms with Crippen LogP contribution in [-0.4, -0.2) is 322 Å². The Morgan fingerprint density at radius 3 is 1.23 bits per heavy atom. The summed E-state index contributed by atoms with van der Waals surface area (Å²) in [5, 5.41) is 18.0. The van der Waals surface area contributed by atoms with Crippen LogP contribution in [-0.2, 0) is 14.2 Å². The highest BCUT2D eigenvalue weighted by atomic mass is 19.1. The number of hydrogen-bond acceptors (Lipinski definition) is 29. The van der Waals surface area contributed by atoms with Gasteiger partial charge >= 0.3 is 0 Å². The van der Waals surface area contributed by atoms with Gasteiger partial charge in [0.05, 0.1) is 39.6 Å². The molecule has 1 aromatic carbocycles. The Morgan fingerprint density at radius 2 is 0.826 bits per heavy atom. The summed E-state index contributed by atoms with van der Waals surface area (Å²) in [7, 11) is 7.46. The number of morpholine rings is 1. The molecule has 8 aromatic heterocycles. The van der Waals surface area contributed by atoms with Gasteiger partial charge in [-0.3, -0.25) is 19.2 Å². The van der Waals surface area contributed by atoms with E-state index in [2.05, 4.69) is 246 Å². The monoisotopic (exact) mass is 1820 g/mol. The zero-order chi connectivity index (χ0) is 96.0. The maximum Gasteiger partial charge on any atom is 0.291 e. The molecule has 0 radical (unpaired) electrons. The van der Waals surface area contributed by atoms with Crippen molar-refractivity contribution in [1.82, 2.24) is 110 Å². The largest absolute Gasteiger partial charge is 0.395 e. The van der Waals surface area contributed by atoms with Gasteiger partial charge in [0.2, 0.25) is 29.2 Å². The van der Waals surface area contributed by atoms with E-state index in [1.54, 1.807) is 80.8 Å². The van der Waals surface area contributed by atoms with Crippen molar-refractivity contribution in [2.45, 2.75) is 158 Å². The number of anilines is 3. The third kappa shape index (κ3) is 37.5. The first-order valence-electron chi connectivity index (χ1n) is 46.4. The number of halogens is 1. The number of piperazine rings is 4. The molecule has 5 fully saturated rings. The van der Waals surface area contributed by atoms with E-state index >= 15 is 0 Å². The zero-order valence-corrected chi connectivity index (χ0v) is 81.7. The van der Waals surface area contributed by atoms with Crippen molar-refractivity contribution in [3.63, 3.8) is 0 Å². The molecule has 0 aliphatic carbocycles. The van der Waals surface area contributed by atoms with Crippen molar-refractivity contribution < 1.29 is 42.9 Å². The van der Waals surface area contributed by atoms with Gasteiger partial charge in [0.15, 0.2) is 5.82 Å². The number of carbonyl (C=O) groups excluding carboxylic acids is 4. The highest BCUT2D eigenvalue weighted by Gasteiger charge is 2.25. The van der Waals surface area contributed by atoms with Crippen LogP contribution in [0.1, 0.15) is 245 Å². The first-order valence-corrected chi connectivity index (χ1v) is 46.4. The third-order valence-corrected chi connectivity index (χ3v) is 22.2. The van der Waals surface area contributed by atoms with E-state index in [1.165, 1.54) is 28.2 Å². The minimum atomic E-state index is -0.286. The van der Waals surface area contributed by atoms with Crippen LogP contribution in [0.2, 0.25) is 0 Å². The number of ether oxygens (including phenoxy) is 3. The predicted octanol–water partition coefficient (Wildman–Crippen LogP) is 11.7. The van der Waals surface area contributed by atoms with E-state index in [1.807, 2.05) is 55.8 Å². The molecule has 0 bridgehead atoms. The smallest absolute Gasteiger partial charge is 0.291 e. The second-order valence-corrected chi connectivity index (χ2v) is 35.2. The van der Waals surface area contributed by atoms with E-state index in [9.17, 15) is 23.6 Å². The second-order valence-electron chi connectivity index (χ2n) is 35.2. The molecule has 0 unspecified atom stereocenters. The molecule has 0 atom stereocenters. The fraction of sp³-hybridized carbons (Fsp3) is 0.551. The van der Waals surface area contributed by atoms with Gasteiger partial charge in [0.1, 0.15) is 17.5 Å². The summed E-state index contributed by atoms with van der Waals surface area (Å²) in [6.45, 7) is 54.4. The minimum Gasteiger partial charge on any atom is -0.395 e. The molecule has 14 rings (SSSR count). The summed E-state index contributed by atoms with van der Waals surface area (Å²) < 4.78 is 28.1. The summed E-state index contributed by atoms with van der Waals surface area (Å²) in [4.78, 5) is 123. The van der Waals surface area contributed by atoms with Gasteiger partial charge in [-0.2, -0.15) is 0 Å². The van der Waals surface area contributed by atoms with Crippen LogP contribution < -0.4 is 30.7 Å². The molecule has 0 saturated carbocycles. The Balaban J connectivity index is 0.000000206. The van der Waals surface area contributed by atoms with Gasteiger partial charge in [-0.05, 0) is 143 Å². The molecule has 5 aliphatic rings. The Labute approximate surface area is 782 Å². The number of benzene rings is 1. The molecule has 718 valence electrons. The first kappa shape index (κ1) is 108. The number of pyridine rings is 2. The lowest BCUT2D eigenvalue weighted by atomic mass is 10.1. The van der Waals surface area contributed by atoms with Crippen LogP contribution in [0.4, 0.5) is 22.0 Å². The highest BCUT2D eigenvalue weighted by molar-refractivity contribution is 5.92. The molecule has 33 nitrogen and oxygen atoms in total. The van der Waals surface area contributed by atoms with Crippen LogP contribution in [0.15, 0.2) is 135 Å². The molecular weight excluding hydrogens is 1670 g/mol. The van der Waals surface area contributed by atoms with Crippen LogP contribution >= 0.6 is 0 Å². The number of hydrogen-bond donors (Lipinski definition) is 4. The predicted molar refractivity (Wildman–Crippen MR) is 518 cm³/mol. The van der Waals surface area contributed by atoms with Crippen molar-refractivity contribution in [2.24, 2.45) is 0 Å². The Hall–Kier alpha value is -11.1. The average Bonchev–Trinajstić information content (AvgIpc) is 0.848. The molecule has 34 heteroatoms. The molecule has 4 N–H and O–H groups in total. The van der Waals surface area contributed by atoms with E-state index in [-0.39, 0.29) is 54.2 Å². The van der Waals surface area contributed by atoms with Gasteiger partial charge in [-0.15, -0.1) is 0 Å². The molecule has 9 aromatic rings. The van der Waals surface area contributed by atoms with Crippen molar-refractivity contribution in [2.75, 3.05) is 213 Å². The fourth-order valence-electron chi connectivity index (χ4n) is 12.9. The molecule has 5 aliphatic heterocycles. The summed E-state index contributed by atoms with van der Waals surface area (Å²) in [6, 6.07) is 16.8.